The number of carbonyl (C=O) groups excluding carboxylic acids is 1. The second-order valence-corrected chi connectivity index (χ2v) is 6.52. The molecule has 27 heavy (non-hydrogen) atoms. The van der Waals surface area contributed by atoms with Gasteiger partial charge in [-0.15, -0.1) is 24.8 Å². The number of hydrogen-bond donors (Lipinski definition) is 2. The SMILES string of the molecule is Cc1ccc(NC(=O)C2(n3cccn3)CCNCC2)c2cccnc12.Cl.Cl. The lowest BCUT2D eigenvalue weighted by molar-refractivity contribution is -0.126. The number of piperidine rings is 1. The van der Waals surface area contributed by atoms with Gasteiger partial charge in [-0.05, 0) is 62.7 Å². The number of hydrogen-bond acceptors (Lipinski definition) is 4. The highest BCUT2D eigenvalue weighted by Crippen LogP contribution is 2.31. The van der Waals surface area contributed by atoms with Crippen LogP contribution in [0.1, 0.15) is 18.4 Å². The van der Waals surface area contributed by atoms with Crippen LogP contribution in [0.2, 0.25) is 0 Å². The average Bonchev–Trinajstić information content (AvgIpc) is 3.20. The molecule has 1 fully saturated rings. The van der Waals surface area contributed by atoms with Crippen LogP contribution >= 0.6 is 24.8 Å². The van der Waals surface area contributed by atoms with Crippen LogP contribution in [-0.4, -0.2) is 33.8 Å². The highest BCUT2D eigenvalue weighted by Gasteiger charge is 2.42. The van der Waals surface area contributed by atoms with E-state index < -0.39 is 5.54 Å². The molecule has 2 aromatic heterocycles. The second-order valence-electron chi connectivity index (χ2n) is 6.52. The van der Waals surface area contributed by atoms with Crippen LogP contribution in [0.3, 0.4) is 0 Å². The Hall–Kier alpha value is -2.15. The molecule has 0 unspecified atom stereocenters. The van der Waals surface area contributed by atoms with Gasteiger partial charge in [-0.1, -0.05) is 6.07 Å². The monoisotopic (exact) mass is 407 g/mol. The molecule has 3 heterocycles. The molecule has 0 aliphatic carbocycles. The van der Waals surface area contributed by atoms with Crippen LogP contribution in [0, 0.1) is 6.92 Å². The summed E-state index contributed by atoms with van der Waals surface area (Å²) >= 11 is 0. The van der Waals surface area contributed by atoms with Gasteiger partial charge in [0.25, 0.3) is 5.91 Å². The Morgan fingerprint density at radius 3 is 2.63 bits per heavy atom. The van der Waals surface area contributed by atoms with Gasteiger partial charge in [0.05, 0.1) is 11.2 Å². The minimum Gasteiger partial charge on any atom is -0.323 e. The molecule has 1 amide bonds. The number of halogens is 2. The minimum atomic E-state index is -0.659. The largest absolute Gasteiger partial charge is 0.323 e. The summed E-state index contributed by atoms with van der Waals surface area (Å²) in [5.74, 6) is -0.0216. The third kappa shape index (κ3) is 3.78. The van der Waals surface area contributed by atoms with E-state index in [0.717, 1.165) is 35.2 Å². The highest BCUT2D eigenvalue weighted by molar-refractivity contribution is 6.04. The predicted molar refractivity (Wildman–Crippen MR) is 112 cm³/mol. The number of carbonyl (C=O) groups is 1. The molecule has 0 spiro atoms. The normalized spacial score (nSPS) is 15.4. The molecule has 8 heteroatoms. The van der Waals surface area contributed by atoms with Gasteiger partial charge >= 0.3 is 0 Å². The molecule has 1 aliphatic heterocycles. The smallest absolute Gasteiger partial charge is 0.252 e. The number of aryl methyl sites for hydroxylation is 1. The number of benzene rings is 1. The van der Waals surface area contributed by atoms with Crippen LogP contribution in [-0.2, 0) is 10.3 Å². The number of anilines is 1. The third-order valence-electron chi connectivity index (χ3n) is 5.02. The van der Waals surface area contributed by atoms with Crippen LogP contribution < -0.4 is 10.6 Å². The van der Waals surface area contributed by atoms with Crippen molar-refractivity contribution >= 4 is 47.3 Å². The molecule has 2 N–H and O–H groups in total. The zero-order chi connectivity index (χ0) is 17.3. The van der Waals surface area contributed by atoms with Gasteiger partial charge in [-0.25, -0.2) is 0 Å². The Morgan fingerprint density at radius 1 is 1.15 bits per heavy atom. The topological polar surface area (TPSA) is 71.8 Å². The summed E-state index contributed by atoms with van der Waals surface area (Å²) in [4.78, 5) is 17.7. The Kier molecular flexibility index (Phi) is 6.81. The summed E-state index contributed by atoms with van der Waals surface area (Å²) in [5.41, 5.74) is 2.15. The number of fused-ring (bicyclic) bond motifs is 1. The first-order valence-electron chi connectivity index (χ1n) is 8.57. The number of aromatic nitrogens is 3. The number of pyridine rings is 1. The first-order chi connectivity index (χ1) is 12.2. The van der Waals surface area contributed by atoms with E-state index in [2.05, 4.69) is 20.7 Å². The maximum absolute atomic E-state index is 13.3. The van der Waals surface area contributed by atoms with Crippen molar-refractivity contribution in [1.29, 1.82) is 0 Å². The molecule has 1 aromatic carbocycles. The molecule has 6 nitrogen and oxygen atoms in total. The predicted octanol–water partition coefficient (Wildman–Crippen LogP) is 3.30. The Morgan fingerprint density at radius 2 is 1.93 bits per heavy atom. The molecule has 0 atom stereocenters. The van der Waals surface area contributed by atoms with Crippen molar-refractivity contribution in [3.8, 4) is 0 Å². The summed E-state index contributed by atoms with van der Waals surface area (Å²) in [6, 6.07) is 9.70. The molecular formula is C19H23Cl2N5O. The fourth-order valence-electron chi connectivity index (χ4n) is 3.58. The Balaban J connectivity index is 0.00000131. The van der Waals surface area contributed by atoms with Crippen molar-refractivity contribution in [2.24, 2.45) is 0 Å². The second kappa shape index (κ2) is 8.69. The minimum absolute atomic E-state index is 0. The lowest BCUT2D eigenvalue weighted by Crippen LogP contribution is -2.52. The summed E-state index contributed by atoms with van der Waals surface area (Å²) in [7, 11) is 0. The van der Waals surface area contributed by atoms with Crippen molar-refractivity contribution < 1.29 is 4.79 Å². The van der Waals surface area contributed by atoms with E-state index in [1.165, 1.54) is 0 Å². The quantitative estimate of drug-likeness (QED) is 0.698. The van der Waals surface area contributed by atoms with Crippen LogP contribution in [0.5, 0.6) is 0 Å². The number of rotatable bonds is 3. The lowest BCUT2D eigenvalue weighted by atomic mass is 9.87. The Bertz CT molecular complexity index is 908. The molecule has 0 radical (unpaired) electrons. The maximum atomic E-state index is 13.3. The van der Waals surface area contributed by atoms with Gasteiger partial charge in [0.2, 0.25) is 0 Å². The maximum Gasteiger partial charge on any atom is 0.252 e. The summed E-state index contributed by atoms with van der Waals surface area (Å²) in [6.45, 7) is 3.62. The van der Waals surface area contributed by atoms with Gasteiger partial charge in [-0.2, -0.15) is 5.10 Å². The van der Waals surface area contributed by atoms with Crippen molar-refractivity contribution in [1.82, 2.24) is 20.1 Å². The van der Waals surface area contributed by atoms with Crippen molar-refractivity contribution in [3.05, 3.63) is 54.5 Å². The molecule has 144 valence electrons. The Labute approximate surface area is 170 Å². The van der Waals surface area contributed by atoms with Gasteiger partial charge in [0.1, 0.15) is 5.54 Å². The molecule has 3 aromatic rings. The van der Waals surface area contributed by atoms with E-state index in [1.807, 2.05) is 43.5 Å². The molecule has 4 rings (SSSR count). The summed E-state index contributed by atoms with van der Waals surface area (Å²) in [5, 5.41) is 11.8. The van der Waals surface area contributed by atoms with Gasteiger partial charge in [0, 0.05) is 24.0 Å². The van der Waals surface area contributed by atoms with E-state index in [9.17, 15) is 4.79 Å². The third-order valence-corrected chi connectivity index (χ3v) is 5.02. The van der Waals surface area contributed by atoms with Crippen molar-refractivity contribution in [3.63, 3.8) is 0 Å². The van der Waals surface area contributed by atoms with Crippen LogP contribution in [0.15, 0.2) is 48.9 Å². The zero-order valence-corrected chi connectivity index (χ0v) is 16.6. The van der Waals surface area contributed by atoms with Crippen LogP contribution in [0.4, 0.5) is 5.69 Å². The zero-order valence-electron chi connectivity index (χ0n) is 15.0. The number of nitrogens with one attached hydrogen (secondary N) is 2. The first-order valence-corrected chi connectivity index (χ1v) is 8.57. The fourth-order valence-corrected chi connectivity index (χ4v) is 3.58. The van der Waals surface area contributed by atoms with E-state index in [1.54, 1.807) is 17.1 Å². The van der Waals surface area contributed by atoms with E-state index in [4.69, 9.17) is 0 Å². The van der Waals surface area contributed by atoms with E-state index in [0.29, 0.717) is 12.8 Å². The molecule has 0 bridgehead atoms. The molecule has 1 aliphatic rings. The number of amides is 1. The molecule has 1 saturated heterocycles. The van der Waals surface area contributed by atoms with Gasteiger partial charge < -0.3 is 10.6 Å². The average molecular weight is 408 g/mol. The van der Waals surface area contributed by atoms with Crippen molar-refractivity contribution in [2.45, 2.75) is 25.3 Å². The highest BCUT2D eigenvalue weighted by atomic mass is 35.5. The molecular weight excluding hydrogens is 385 g/mol. The van der Waals surface area contributed by atoms with Gasteiger partial charge in [0.15, 0.2) is 0 Å². The summed E-state index contributed by atoms with van der Waals surface area (Å²) < 4.78 is 1.80. The standard InChI is InChI=1S/C19H21N5O.2ClH/c1-14-5-6-16(15-4-2-9-21-17(14)15)23-18(25)19(7-11-20-12-8-19)24-13-3-10-22-24;;/h2-6,9-10,13,20H,7-8,11-12H2,1H3,(H,23,25);2*1H. The first kappa shape index (κ1) is 21.2. The molecule has 0 saturated carbocycles. The summed E-state index contributed by atoms with van der Waals surface area (Å²) in [6.07, 6.45) is 6.80. The lowest BCUT2D eigenvalue weighted by Gasteiger charge is -2.36. The van der Waals surface area contributed by atoms with Gasteiger partial charge in [-0.3, -0.25) is 14.5 Å². The fraction of sp³-hybridized carbons (Fsp3) is 0.316. The number of nitrogens with zero attached hydrogens (tertiary/aromatic N) is 3. The van der Waals surface area contributed by atoms with Crippen molar-refractivity contribution in [2.75, 3.05) is 18.4 Å². The van der Waals surface area contributed by atoms with E-state index in [-0.39, 0.29) is 30.7 Å². The van der Waals surface area contributed by atoms with Crippen LogP contribution in [0.25, 0.3) is 10.9 Å². The van der Waals surface area contributed by atoms with E-state index >= 15 is 0 Å².